The van der Waals surface area contributed by atoms with E-state index in [1.807, 2.05) is 11.9 Å². The van der Waals surface area contributed by atoms with Crippen molar-refractivity contribution in [2.45, 2.75) is 31.7 Å². The van der Waals surface area contributed by atoms with Crippen LogP contribution < -0.4 is 0 Å². The summed E-state index contributed by atoms with van der Waals surface area (Å²) in [6.07, 6.45) is 5.74. The van der Waals surface area contributed by atoms with Crippen LogP contribution in [-0.2, 0) is 0 Å². The second kappa shape index (κ2) is 5.89. The summed E-state index contributed by atoms with van der Waals surface area (Å²) in [5.74, 6) is 0.456. The van der Waals surface area contributed by atoms with Gasteiger partial charge in [0.2, 0.25) is 0 Å². The van der Waals surface area contributed by atoms with Gasteiger partial charge in [-0.3, -0.25) is 4.79 Å². The third-order valence-corrected chi connectivity index (χ3v) is 4.28. The number of amides is 1. The molecule has 0 spiro atoms. The molecule has 0 bridgehead atoms. The van der Waals surface area contributed by atoms with E-state index in [9.17, 15) is 4.79 Å². The van der Waals surface area contributed by atoms with Gasteiger partial charge in [0.25, 0.3) is 5.91 Å². The lowest BCUT2D eigenvalue weighted by Crippen LogP contribution is -2.40. The van der Waals surface area contributed by atoms with Crippen molar-refractivity contribution in [3.8, 4) is 0 Å². The quantitative estimate of drug-likeness (QED) is 0.900. The summed E-state index contributed by atoms with van der Waals surface area (Å²) >= 11 is 3.33. The first-order valence-corrected chi connectivity index (χ1v) is 7.13. The maximum absolute atomic E-state index is 12.2. The Morgan fingerprint density at radius 3 is 2.67 bits per heavy atom. The van der Waals surface area contributed by atoms with Gasteiger partial charge in [-0.1, -0.05) is 0 Å². The molecule has 1 heterocycles. The summed E-state index contributed by atoms with van der Waals surface area (Å²) in [4.78, 5) is 17.0. The van der Waals surface area contributed by atoms with Crippen molar-refractivity contribution >= 4 is 21.8 Å². The predicted molar refractivity (Wildman–Crippen MR) is 73.4 cm³/mol. The molecule has 0 saturated heterocycles. The van der Waals surface area contributed by atoms with E-state index in [4.69, 9.17) is 5.11 Å². The minimum Gasteiger partial charge on any atom is -0.396 e. The fraction of sp³-hybridized carbons (Fsp3) is 0.615. The molecule has 0 radical (unpaired) electrons. The molecule has 4 nitrogen and oxygen atoms in total. The lowest BCUT2D eigenvalue weighted by Gasteiger charge is -2.33. The van der Waals surface area contributed by atoms with Crippen LogP contribution in [0.3, 0.4) is 0 Å². The van der Waals surface area contributed by atoms with Crippen molar-refractivity contribution in [3.63, 3.8) is 0 Å². The van der Waals surface area contributed by atoms with Gasteiger partial charge in [-0.05, 0) is 53.6 Å². The number of halogens is 1. The Morgan fingerprint density at radius 2 is 2.17 bits per heavy atom. The number of aromatic nitrogens is 1. The molecule has 0 aromatic carbocycles. The van der Waals surface area contributed by atoms with Gasteiger partial charge >= 0.3 is 0 Å². The van der Waals surface area contributed by atoms with Gasteiger partial charge in [0, 0.05) is 30.4 Å². The maximum Gasteiger partial charge on any atom is 0.270 e. The Hall–Kier alpha value is -0.810. The van der Waals surface area contributed by atoms with E-state index in [0.29, 0.717) is 17.7 Å². The molecule has 0 aliphatic heterocycles. The lowest BCUT2D eigenvalue weighted by atomic mass is 9.86. The molecule has 1 aliphatic carbocycles. The van der Waals surface area contributed by atoms with Crippen LogP contribution in [0.2, 0.25) is 0 Å². The van der Waals surface area contributed by atoms with Crippen molar-refractivity contribution in [3.05, 3.63) is 22.4 Å². The monoisotopic (exact) mass is 314 g/mol. The molecular weight excluding hydrogens is 296 g/mol. The number of aromatic amines is 1. The molecule has 1 amide bonds. The van der Waals surface area contributed by atoms with Gasteiger partial charge in [0.1, 0.15) is 5.69 Å². The zero-order chi connectivity index (χ0) is 13.1. The van der Waals surface area contributed by atoms with Gasteiger partial charge in [-0.2, -0.15) is 0 Å². The first-order chi connectivity index (χ1) is 8.61. The van der Waals surface area contributed by atoms with Gasteiger partial charge in [-0.25, -0.2) is 0 Å². The largest absolute Gasteiger partial charge is 0.396 e. The van der Waals surface area contributed by atoms with Crippen LogP contribution in [0.4, 0.5) is 0 Å². The van der Waals surface area contributed by atoms with E-state index in [0.717, 1.165) is 30.2 Å². The van der Waals surface area contributed by atoms with Crippen molar-refractivity contribution in [1.29, 1.82) is 0 Å². The van der Waals surface area contributed by atoms with E-state index in [1.54, 1.807) is 12.3 Å². The number of aliphatic hydroxyl groups excluding tert-OH is 1. The van der Waals surface area contributed by atoms with Crippen LogP contribution in [0, 0.1) is 5.92 Å². The average molecular weight is 315 g/mol. The normalized spacial score (nSPS) is 23.9. The molecule has 1 fully saturated rings. The van der Waals surface area contributed by atoms with Gasteiger partial charge in [0.05, 0.1) is 0 Å². The molecule has 1 aromatic rings. The van der Waals surface area contributed by atoms with Crippen molar-refractivity contribution < 1.29 is 9.90 Å². The highest BCUT2D eigenvalue weighted by Crippen LogP contribution is 2.27. The molecule has 0 unspecified atom stereocenters. The molecule has 1 aromatic heterocycles. The summed E-state index contributed by atoms with van der Waals surface area (Å²) in [6, 6.07) is 2.10. The zero-order valence-electron chi connectivity index (χ0n) is 10.5. The van der Waals surface area contributed by atoms with Gasteiger partial charge in [-0.15, -0.1) is 0 Å². The smallest absolute Gasteiger partial charge is 0.270 e. The fourth-order valence-electron chi connectivity index (χ4n) is 2.56. The van der Waals surface area contributed by atoms with Crippen LogP contribution >= 0.6 is 15.9 Å². The summed E-state index contributed by atoms with van der Waals surface area (Å²) in [7, 11) is 1.86. The first-order valence-electron chi connectivity index (χ1n) is 6.33. The third-order valence-electron chi connectivity index (χ3n) is 3.82. The number of nitrogens with zero attached hydrogens (tertiary/aromatic N) is 1. The molecule has 1 aliphatic rings. The number of carbonyl (C=O) groups excluding carboxylic acids is 1. The molecular formula is C13H19BrN2O2. The number of hydrogen-bond acceptors (Lipinski definition) is 2. The highest BCUT2D eigenvalue weighted by molar-refractivity contribution is 9.10. The maximum atomic E-state index is 12.2. The van der Waals surface area contributed by atoms with Crippen molar-refractivity contribution in [2.75, 3.05) is 13.7 Å². The molecule has 2 rings (SSSR count). The van der Waals surface area contributed by atoms with E-state index in [-0.39, 0.29) is 12.5 Å². The molecule has 100 valence electrons. The SMILES string of the molecule is CN(C(=O)c1cc(Br)c[nH]1)C1CCC(CO)CC1. The Kier molecular flexibility index (Phi) is 4.45. The minimum atomic E-state index is 0.0353. The molecule has 1 saturated carbocycles. The third kappa shape index (κ3) is 2.95. The van der Waals surface area contributed by atoms with Crippen LogP contribution in [0.25, 0.3) is 0 Å². The fourth-order valence-corrected chi connectivity index (χ4v) is 2.91. The minimum absolute atomic E-state index is 0.0353. The second-order valence-electron chi connectivity index (χ2n) is 5.00. The number of H-pyrrole nitrogens is 1. The lowest BCUT2D eigenvalue weighted by molar-refractivity contribution is 0.0648. The topological polar surface area (TPSA) is 56.3 Å². The predicted octanol–water partition coefficient (Wildman–Crippen LogP) is 2.40. The summed E-state index contributed by atoms with van der Waals surface area (Å²) in [5.41, 5.74) is 0.619. The number of aliphatic hydroxyl groups is 1. The number of nitrogens with one attached hydrogen (secondary N) is 1. The number of carbonyl (C=O) groups is 1. The van der Waals surface area contributed by atoms with Crippen LogP contribution in [0.5, 0.6) is 0 Å². The molecule has 18 heavy (non-hydrogen) atoms. The Balaban J connectivity index is 1.95. The van der Waals surface area contributed by atoms with Crippen LogP contribution in [-0.4, -0.2) is 40.6 Å². The standard InChI is InChI=1S/C13H19BrN2O2/c1-16(11-4-2-9(8-17)3-5-11)13(18)12-6-10(14)7-15-12/h6-7,9,11,15,17H,2-5,8H2,1H3. The van der Waals surface area contributed by atoms with E-state index in [1.165, 1.54) is 0 Å². The van der Waals surface area contributed by atoms with Gasteiger partial charge in [0.15, 0.2) is 0 Å². The Bertz CT molecular complexity index is 411. The summed E-state index contributed by atoms with van der Waals surface area (Å²) in [5, 5.41) is 9.12. The van der Waals surface area contributed by atoms with Crippen molar-refractivity contribution in [2.24, 2.45) is 5.92 Å². The van der Waals surface area contributed by atoms with E-state index >= 15 is 0 Å². The van der Waals surface area contributed by atoms with Gasteiger partial charge < -0.3 is 15.0 Å². The highest BCUT2D eigenvalue weighted by Gasteiger charge is 2.27. The zero-order valence-corrected chi connectivity index (χ0v) is 12.1. The van der Waals surface area contributed by atoms with Crippen LogP contribution in [0.1, 0.15) is 36.2 Å². The molecule has 2 N–H and O–H groups in total. The summed E-state index contributed by atoms with van der Waals surface area (Å²) in [6.45, 7) is 0.272. The Labute approximate surface area is 116 Å². The van der Waals surface area contributed by atoms with E-state index in [2.05, 4.69) is 20.9 Å². The molecule has 5 heteroatoms. The number of hydrogen-bond donors (Lipinski definition) is 2. The summed E-state index contributed by atoms with van der Waals surface area (Å²) < 4.78 is 0.892. The van der Waals surface area contributed by atoms with Crippen LogP contribution in [0.15, 0.2) is 16.7 Å². The Morgan fingerprint density at radius 1 is 1.50 bits per heavy atom. The second-order valence-corrected chi connectivity index (χ2v) is 5.92. The first kappa shape index (κ1) is 13.6. The molecule has 0 atom stereocenters. The highest BCUT2D eigenvalue weighted by atomic mass is 79.9. The van der Waals surface area contributed by atoms with E-state index < -0.39 is 0 Å². The van der Waals surface area contributed by atoms with Crippen molar-refractivity contribution in [1.82, 2.24) is 9.88 Å². The average Bonchev–Trinajstić information content (AvgIpc) is 2.84. The number of rotatable bonds is 3.